The Morgan fingerprint density at radius 3 is 2.36 bits per heavy atom. The van der Waals surface area contributed by atoms with E-state index >= 15 is 4.39 Å². The quantitative estimate of drug-likeness (QED) is 0.821. The van der Waals surface area contributed by atoms with Crippen LogP contribution in [0.25, 0.3) is 10.9 Å². The van der Waals surface area contributed by atoms with Crippen LogP contribution in [-0.4, -0.2) is 30.2 Å². The van der Waals surface area contributed by atoms with E-state index in [-0.39, 0.29) is 29.1 Å². The monoisotopic (exact) mass is 387 g/mol. The Balaban J connectivity index is 2.43. The summed E-state index contributed by atoms with van der Waals surface area (Å²) >= 11 is 0. The summed E-state index contributed by atoms with van der Waals surface area (Å²) in [6.45, 7) is 16.9. The Hall–Kier alpha value is -1.88. The highest BCUT2D eigenvalue weighted by molar-refractivity contribution is 5.89. The molecule has 28 heavy (non-hydrogen) atoms. The minimum Gasteiger partial charge on any atom is -0.366 e. The van der Waals surface area contributed by atoms with Crippen LogP contribution < -0.4 is 15.6 Å². The molecule has 0 amide bonds. The lowest BCUT2D eigenvalue weighted by Gasteiger charge is -2.36. The fraction of sp³-hybridized carbons (Fsp3) is 0.609. The third kappa shape index (κ3) is 3.57. The lowest BCUT2D eigenvalue weighted by atomic mass is 9.92. The molecule has 0 saturated carbocycles. The lowest BCUT2D eigenvalue weighted by Crippen LogP contribution is -2.50. The molecule has 1 aliphatic heterocycles. The molecule has 2 heterocycles. The van der Waals surface area contributed by atoms with Gasteiger partial charge in [0.2, 0.25) is 0 Å². The van der Waals surface area contributed by atoms with Gasteiger partial charge in [0, 0.05) is 54.4 Å². The van der Waals surface area contributed by atoms with Crippen molar-refractivity contribution in [3.8, 4) is 0 Å². The first-order valence-electron chi connectivity index (χ1n) is 10.5. The van der Waals surface area contributed by atoms with E-state index in [4.69, 9.17) is 0 Å². The average molecular weight is 388 g/mol. The molecular weight excluding hydrogens is 353 g/mol. The third-order valence-corrected chi connectivity index (χ3v) is 5.75. The molecule has 1 atom stereocenters. The smallest absolute Gasteiger partial charge is 0.192 e. The van der Waals surface area contributed by atoms with E-state index in [9.17, 15) is 4.79 Å². The van der Waals surface area contributed by atoms with Gasteiger partial charge in [0.05, 0.1) is 11.2 Å². The fourth-order valence-electron chi connectivity index (χ4n) is 4.35. The topological polar surface area (TPSA) is 37.3 Å². The molecular formula is C23H34FN3O. The second-order valence-electron chi connectivity index (χ2n) is 9.04. The van der Waals surface area contributed by atoms with Crippen molar-refractivity contribution in [2.75, 3.05) is 24.5 Å². The van der Waals surface area contributed by atoms with Crippen LogP contribution in [0.5, 0.6) is 0 Å². The molecule has 3 rings (SSSR count). The predicted molar refractivity (Wildman–Crippen MR) is 116 cm³/mol. The van der Waals surface area contributed by atoms with Crippen LogP contribution in [0.4, 0.5) is 10.1 Å². The highest BCUT2D eigenvalue weighted by atomic mass is 19.1. The SMILES string of the molecule is CC1CN(c2c(F)cc3c(=O)c(C(C)C)cn(C(C)C)c3c2C(C)C)CCN1. The first-order valence-corrected chi connectivity index (χ1v) is 10.5. The molecule has 5 heteroatoms. The second-order valence-corrected chi connectivity index (χ2v) is 9.04. The second kappa shape index (κ2) is 7.86. The Morgan fingerprint density at radius 1 is 1.14 bits per heavy atom. The summed E-state index contributed by atoms with van der Waals surface area (Å²) in [6.07, 6.45) is 1.99. The lowest BCUT2D eigenvalue weighted by molar-refractivity contribution is 0.477. The molecule has 2 aromatic rings. The van der Waals surface area contributed by atoms with E-state index in [2.05, 4.69) is 49.4 Å². The molecule has 0 bridgehead atoms. The van der Waals surface area contributed by atoms with Crippen molar-refractivity contribution < 1.29 is 4.39 Å². The van der Waals surface area contributed by atoms with Gasteiger partial charge in [0.1, 0.15) is 5.82 Å². The van der Waals surface area contributed by atoms with Crippen molar-refractivity contribution in [1.29, 1.82) is 0 Å². The molecule has 4 nitrogen and oxygen atoms in total. The van der Waals surface area contributed by atoms with Crippen LogP contribution in [-0.2, 0) is 0 Å². The summed E-state index contributed by atoms with van der Waals surface area (Å²) in [4.78, 5) is 15.4. The van der Waals surface area contributed by atoms with Crippen LogP contribution in [0.2, 0.25) is 0 Å². The minimum absolute atomic E-state index is 0.0390. The zero-order valence-electron chi connectivity index (χ0n) is 18.3. The molecule has 1 fully saturated rings. The van der Waals surface area contributed by atoms with Crippen LogP contribution in [0.1, 0.15) is 77.5 Å². The van der Waals surface area contributed by atoms with Crippen LogP contribution in [0.3, 0.4) is 0 Å². The highest BCUT2D eigenvalue weighted by Crippen LogP contribution is 2.38. The maximum atomic E-state index is 15.5. The number of nitrogens with one attached hydrogen (secondary N) is 1. The van der Waals surface area contributed by atoms with Gasteiger partial charge in [0.15, 0.2) is 5.43 Å². The molecule has 1 aromatic heterocycles. The van der Waals surface area contributed by atoms with Crippen molar-refractivity contribution >= 4 is 16.6 Å². The molecule has 154 valence electrons. The number of piperazine rings is 1. The number of rotatable bonds is 4. The van der Waals surface area contributed by atoms with Crippen LogP contribution in [0.15, 0.2) is 17.1 Å². The first kappa shape index (κ1) is 20.8. The van der Waals surface area contributed by atoms with Crippen molar-refractivity contribution in [2.24, 2.45) is 0 Å². The Bertz CT molecular complexity index is 930. The predicted octanol–water partition coefficient (Wildman–Crippen LogP) is 4.77. The van der Waals surface area contributed by atoms with Crippen molar-refractivity contribution in [3.05, 3.63) is 39.4 Å². The van der Waals surface area contributed by atoms with Crippen molar-refractivity contribution in [3.63, 3.8) is 0 Å². The number of hydrogen-bond acceptors (Lipinski definition) is 3. The van der Waals surface area contributed by atoms with Gasteiger partial charge in [-0.1, -0.05) is 27.7 Å². The van der Waals surface area contributed by atoms with Gasteiger partial charge in [0.25, 0.3) is 0 Å². The molecule has 0 spiro atoms. The number of benzene rings is 1. The number of hydrogen-bond donors (Lipinski definition) is 1. The average Bonchev–Trinajstić information content (AvgIpc) is 2.60. The van der Waals surface area contributed by atoms with Crippen molar-refractivity contribution in [2.45, 2.75) is 72.4 Å². The largest absolute Gasteiger partial charge is 0.366 e. The number of nitrogens with zero attached hydrogens (tertiary/aromatic N) is 2. The number of fused-ring (bicyclic) bond motifs is 1. The standard InChI is InChI=1S/C23H34FN3O/c1-13(2)18-12-27(15(5)6)21-17(23(18)28)10-19(24)22(20(21)14(3)4)26-9-8-25-16(7)11-26/h10,12-16,25H,8-9,11H2,1-7H3. The molecule has 1 aromatic carbocycles. The van der Waals surface area contributed by atoms with Crippen molar-refractivity contribution in [1.82, 2.24) is 9.88 Å². The maximum Gasteiger partial charge on any atom is 0.192 e. The Morgan fingerprint density at radius 2 is 1.82 bits per heavy atom. The normalized spacial score (nSPS) is 18.1. The number of aromatic nitrogens is 1. The van der Waals surface area contributed by atoms with E-state index in [0.717, 1.165) is 36.3 Å². The zero-order chi connectivity index (χ0) is 20.7. The molecule has 1 saturated heterocycles. The van der Waals surface area contributed by atoms with Gasteiger partial charge < -0.3 is 14.8 Å². The molecule has 1 aliphatic rings. The Kier molecular flexibility index (Phi) is 5.85. The summed E-state index contributed by atoms with van der Waals surface area (Å²) in [5.41, 5.74) is 3.22. The van der Waals surface area contributed by atoms with Gasteiger partial charge in [-0.05, 0) is 38.7 Å². The molecule has 1 N–H and O–H groups in total. The Labute approximate surface area is 167 Å². The fourth-order valence-corrected chi connectivity index (χ4v) is 4.35. The number of pyridine rings is 1. The number of anilines is 1. The van der Waals surface area contributed by atoms with E-state index in [0.29, 0.717) is 17.1 Å². The van der Waals surface area contributed by atoms with Gasteiger partial charge in [-0.25, -0.2) is 4.39 Å². The minimum atomic E-state index is -0.279. The molecule has 0 radical (unpaired) electrons. The molecule has 0 aliphatic carbocycles. The molecule has 1 unspecified atom stereocenters. The van der Waals surface area contributed by atoms with E-state index in [1.807, 2.05) is 20.0 Å². The van der Waals surface area contributed by atoms with Gasteiger partial charge in [-0.3, -0.25) is 4.79 Å². The third-order valence-electron chi connectivity index (χ3n) is 5.75. The van der Waals surface area contributed by atoms with Crippen LogP contribution >= 0.6 is 0 Å². The van der Waals surface area contributed by atoms with E-state index in [1.165, 1.54) is 6.07 Å². The van der Waals surface area contributed by atoms with E-state index < -0.39 is 0 Å². The maximum absolute atomic E-state index is 15.5. The zero-order valence-corrected chi connectivity index (χ0v) is 18.3. The van der Waals surface area contributed by atoms with Gasteiger partial charge in [-0.2, -0.15) is 0 Å². The summed E-state index contributed by atoms with van der Waals surface area (Å²) in [5.74, 6) is -0.0764. The van der Waals surface area contributed by atoms with Gasteiger partial charge in [-0.15, -0.1) is 0 Å². The summed E-state index contributed by atoms with van der Waals surface area (Å²) in [6, 6.07) is 1.97. The first-order chi connectivity index (χ1) is 13.1. The van der Waals surface area contributed by atoms with E-state index in [1.54, 1.807) is 0 Å². The summed E-state index contributed by atoms with van der Waals surface area (Å²) in [5, 5.41) is 3.93. The van der Waals surface area contributed by atoms with Gasteiger partial charge >= 0.3 is 0 Å². The van der Waals surface area contributed by atoms with Crippen LogP contribution in [0, 0.1) is 5.82 Å². The number of halogens is 1. The summed E-state index contributed by atoms with van der Waals surface area (Å²) < 4.78 is 17.7. The summed E-state index contributed by atoms with van der Waals surface area (Å²) in [7, 11) is 0. The highest BCUT2D eigenvalue weighted by Gasteiger charge is 2.27.